The summed E-state index contributed by atoms with van der Waals surface area (Å²) in [5.74, 6) is 0.254. The summed E-state index contributed by atoms with van der Waals surface area (Å²) in [6.07, 6.45) is 26.0. The van der Waals surface area contributed by atoms with Crippen LogP contribution in [0.1, 0.15) is 107 Å². The van der Waals surface area contributed by atoms with Crippen LogP contribution in [0.25, 0.3) is 0 Å². The second kappa shape index (κ2) is 32.4. The van der Waals surface area contributed by atoms with E-state index in [-0.39, 0.29) is 11.8 Å². The molecule has 4 nitrogen and oxygen atoms in total. The highest BCUT2D eigenvalue weighted by atomic mass is 35.5. The lowest BCUT2D eigenvalue weighted by atomic mass is 9.79. The van der Waals surface area contributed by atoms with Crippen LogP contribution in [0.5, 0.6) is 0 Å². The van der Waals surface area contributed by atoms with Crippen LogP contribution in [0.15, 0.2) is 352 Å². The third kappa shape index (κ3) is 15.6. The Morgan fingerprint density at radius 1 is 0.304 bits per heavy atom. The van der Waals surface area contributed by atoms with Crippen LogP contribution < -0.4 is 19.6 Å². The average Bonchev–Trinajstić information content (AvgIpc) is 0.749. The first kappa shape index (κ1) is 69.8. The number of hydrogen-bond donors (Lipinski definition) is 0. The maximum absolute atomic E-state index is 6.56. The number of nitrogens with zero attached hydrogens (tertiary/aromatic N) is 4. The fraction of sp³-hybridized carbons (Fsp3) is 0.167. The SMILES string of the molecule is CCCCc1ccc(N(c2ccc(C3C=CC(c4ccccc4)(N(c4ccc(CCCC)cc4)c4cc(C)ccc4C)C=C3)cc2)c2cc(C)ccc2C)cc1.Clc1cccc(N(c2ccccc2)c2ccc(C3C=CC(c4ccccc4)(N(c4ccccc4)c4cccc(Cl)c4)C=C3)cc2)c1. The Balaban J connectivity index is 0.000000185. The van der Waals surface area contributed by atoms with Gasteiger partial charge in [-0.1, -0.05) is 280 Å². The van der Waals surface area contributed by atoms with Gasteiger partial charge in [-0.25, -0.2) is 0 Å². The van der Waals surface area contributed by atoms with Gasteiger partial charge < -0.3 is 19.6 Å². The fourth-order valence-corrected chi connectivity index (χ4v) is 14.8. The molecular formula is C96H90Cl2N4. The van der Waals surface area contributed by atoms with E-state index in [1.54, 1.807) is 0 Å². The van der Waals surface area contributed by atoms with Crippen molar-refractivity contribution in [3.05, 3.63) is 418 Å². The third-order valence-corrected chi connectivity index (χ3v) is 20.4. The van der Waals surface area contributed by atoms with Crippen molar-refractivity contribution in [3.63, 3.8) is 0 Å². The minimum atomic E-state index is -0.569. The molecular weight excluding hydrogens is 1280 g/mol. The van der Waals surface area contributed by atoms with Gasteiger partial charge >= 0.3 is 0 Å². The largest absolute Gasteiger partial charge is 0.324 e. The summed E-state index contributed by atoms with van der Waals surface area (Å²) in [6.45, 7) is 13.3. The van der Waals surface area contributed by atoms with Crippen LogP contribution in [0.2, 0.25) is 10.0 Å². The second-order valence-corrected chi connectivity index (χ2v) is 28.0. The highest BCUT2D eigenvalue weighted by Crippen LogP contribution is 2.49. The number of halogens is 2. The predicted molar refractivity (Wildman–Crippen MR) is 437 cm³/mol. The molecule has 12 aromatic carbocycles. The van der Waals surface area contributed by atoms with Gasteiger partial charge in [0.15, 0.2) is 0 Å². The van der Waals surface area contributed by atoms with Crippen molar-refractivity contribution in [2.75, 3.05) is 19.6 Å². The van der Waals surface area contributed by atoms with E-state index in [4.69, 9.17) is 23.2 Å². The Bertz CT molecular complexity index is 4830. The molecule has 0 aliphatic heterocycles. The van der Waals surface area contributed by atoms with Crippen LogP contribution in [0.3, 0.4) is 0 Å². The topological polar surface area (TPSA) is 13.0 Å². The molecule has 0 saturated carbocycles. The first-order valence-electron chi connectivity index (χ1n) is 36.1. The van der Waals surface area contributed by atoms with Crippen LogP contribution >= 0.6 is 23.2 Å². The smallest absolute Gasteiger partial charge is 0.107 e. The monoisotopic (exact) mass is 1370 g/mol. The molecule has 0 atom stereocenters. The molecule has 0 N–H and O–H groups in total. The molecule has 0 bridgehead atoms. The summed E-state index contributed by atoms with van der Waals surface area (Å²) in [4.78, 5) is 9.56. The van der Waals surface area contributed by atoms with Gasteiger partial charge in [0.25, 0.3) is 0 Å². The van der Waals surface area contributed by atoms with Crippen LogP contribution in [-0.4, -0.2) is 0 Å². The molecule has 0 radical (unpaired) electrons. The van der Waals surface area contributed by atoms with E-state index in [9.17, 15) is 0 Å². The Morgan fingerprint density at radius 3 is 1.12 bits per heavy atom. The van der Waals surface area contributed by atoms with Crippen molar-refractivity contribution in [3.8, 4) is 0 Å². The van der Waals surface area contributed by atoms with Gasteiger partial charge in [0.1, 0.15) is 11.1 Å². The van der Waals surface area contributed by atoms with Gasteiger partial charge in [0, 0.05) is 78.8 Å². The first-order chi connectivity index (χ1) is 49.9. The van der Waals surface area contributed by atoms with Gasteiger partial charge in [0.05, 0.1) is 0 Å². The van der Waals surface area contributed by atoms with E-state index in [0.717, 1.165) is 47.0 Å². The highest BCUT2D eigenvalue weighted by molar-refractivity contribution is 6.31. The fourth-order valence-electron chi connectivity index (χ4n) is 14.4. The van der Waals surface area contributed by atoms with E-state index in [2.05, 4.69) is 365 Å². The summed E-state index contributed by atoms with van der Waals surface area (Å²) >= 11 is 13.0. The van der Waals surface area contributed by atoms with Gasteiger partial charge in [-0.2, -0.15) is 0 Å². The molecule has 0 heterocycles. The summed E-state index contributed by atoms with van der Waals surface area (Å²) in [6, 6.07) is 109. The zero-order chi connectivity index (χ0) is 70.4. The Hall–Kier alpha value is -10.6. The number of para-hydroxylation sites is 2. The Labute approximate surface area is 616 Å². The normalized spacial score (nSPS) is 16.6. The molecule has 2 aliphatic carbocycles. The molecule has 2 aliphatic rings. The van der Waals surface area contributed by atoms with Gasteiger partial charge in [-0.15, -0.1) is 0 Å². The lowest BCUT2D eigenvalue weighted by molar-refractivity contribution is 0.659. The summed E-state index contributed by atoms with van der Waals surface area (Å²) in [7, 11) is 0. The van der Waals surface area contributed by atoms with Crippen LogP contribution in [0, 0.1) is 27.7 Å². The number of unbranched alkanes of at least 4 members (excludes halogenated alkanes) is 2. The molecule has 0 fully saturated rings. The quantitative estimate of drug-likeness (QED) is 0.0627. The molecule has 14 rings (SSSR count). The van der Waals surface area contributed by atoms with Crippen molar-refractivity contribution in [2.45, 2.75) is 103 Å². The molecule has 0 saturated heterocycles. The van der Waals surface area contributed by atoms with E-state index < -0.39 is 11.1 Å². The molecule has 12 aromatic rings. The van der Waals surface area contributed by atoms with E-state index in [1.807, 2.05) is 48.5 Å². The molecule has 102 heavy (non-hydrogen) atoms. The summed E-state index contributed by atoms with van der Waals surface area (Å²) in [5.41, 5.74) is 22.8. The number of benzene rings is 12. The van der Waals surface area contributed by atoms with Gasteiger partial charge in [-0.05, 0) is 230 Å². The molecule has 508 valence electrons. The third-order valence-electron chi connectivity index (χ3n) is 19.9. The number of rotatable bonds is 22. The van der Waals surface area contributed by atoms with Gasteiger partial charge in [0.2, 0.25) is 0 Å². The standard InChI is InChI=1S/C54H58N2.C42H32Cl2N2/c1-7-9-14-44-22-28-49(29-23-44)55(52-38-40(3)18-20-42(52)5)50-32-26-46(27-33-50)47-34-36-54(37-35-47,48-16-12-11-13-17-48)56(53-39-41(4)19-21-43(53)6)51-30-24-45(25-31-51)15-10-8-2;43-35-14-10-20-40(30-35)45(37-16-6-2-7-17-37)38-24-22-32(23-25-38)33-26-28-42(29-27-33,34-12-4-1-5-13-34)46(39-18-8-3-9-19-39)41-21-11-15-36(44)31-41/h11-13,16-39,47H,7-10,14-15H2,1-6H3;1-31,33H. The molecule has 6 heteroatoms. The number of anilines is 10. The zero-order valence-electron chi connectivity index (χ0n) is 59.4. The molecule has 0 aromatic heterocycles. The zero-order valence-corrected chi connectivity index (χ0v) is 60.9. The maximum atomic E-state index is 6.56. The minimum absolute atomic E-state index is 0.110. The number of hydrogen-bond acceptors (Lipinski definition) is 4. The van der Waals surface area contributed by atoms with Crippen LogP contribution in [0.4, 0.5) is 56.9 Å². The van der Waals surface area contributed by atoms with Crippen molar-refractivity contribution in [2.24, 2.45) is 0 Å². The molecule has 0 amide bonds. The number of aryl methyl sites for hydroxylation is 6. The molecule has 0 unspecified atom stereocenters. The van der Waals surface area contributed by atoms with E-state index in [1.165, 1.54) is 104 Å². The van der Waals surface area contributed by atoms with Crippen molar-refractivity contribution in [1.82, 2.24) is 0 Å². The summed E-state index contributed by atoms with van der Waals surface area (Å²) < 4.78 is 0. The average molecular weight is 1370 g/mol. The first-order valence-corrected chi connectivity index (χ1v) is 36.9. The lowest BCUT2D eigenvalue weighted by Gasteiger charge is -2.45. The lowest BCUT2D eigenvalue weighted by Crippen LogP contribution is -2.42. The van der Waals surface area contributed by atoms with Gasteiger partial charge in [-0.3, -0.25) is 0 Å². The highest BCUT2D eigenvalue weighted by Gasteiger charge is 2.40. The van der Waals surface area contributed by atoms with E-state index in [0.29, 0.717) is 10.0 Å². The summed E-state index contributed by atoms with van der Waals surface area (Å²) in [5, 5.41) is 1.41. The predicted octanol–water partition coefficient (Wildman–Crippen LogP) is 27.4. The van der Waals surface area contributed by atoms with E-state index >= 15 is 0 Å². The van der Waals surface area contributed by atoms with Crippen molar-refractivity contribution in [1.29, 1.82) is 0 Å². The Morgan fingerprint density at radius 2 is 0.657 bits per heavy atom. The maximum Gasteiger partial charge on any atom is 0.107 e. The number of allylic oxidation sites excluding steroid dienone is 4. The Kier molecular flexibility index (Phi) is 22.2. The van der Waals surface area contributed by atoms with Crippen molar-refractivity contribution < 1.29 is 0 Å². The molecule has 0 spiro atoms. The minimum Gasteiger partial charge on any atom is -0.324 e. The van der Waals surface area contributed by atoms with Crippen molar-refractivity contribution >= 4 is 80.1 Å². The second-order valence-electron chi connectivity index (χ2n) is 27.1. The van der Waals surface area contributed by atoms with Crippen LogP contribution in [-0.2, 0) is 23.9 Å².